The molecule has 2 N–H and O–H groups in total. The number of benzene rings is 3. The fourth-order valence-corrected chi connectivity index (χ4v) is 3.49. The van der Waals surface area contributed by atoms with Crippen LogP contribution in [0.25, 0.3) is 0 Å². The molecule has 28 heavy (non-hydrogen) atoms. The summed E-state index contributed by atoms with van der Waals surface area (Å²) in [6.07, 6.45) is 0.318. The maximum Gasteiger partial charge on any atom is 0.234 e. The lowest BCUT2D eigenvalue weighted by Gasteiger charge is -2.09. The van der Waals surface area contributed by atoms with E-state index in [9.17, 15) is 9.59 Å². The smallest absolute Gasteiger partial charge is 0.234 e. The molecule has 3 aromatic rings. The van der Waals surface area contributed by atoms with Gasteiger partial charge in [0.1, 0.15) is 0 Å². The number of hydrogen-bond donors (Lipinski definition) is 2. The van der Waals surface area contributed by atoms with E-state index in [-0.39, 0.29) is 17.6 Å². The monoisotopic (exact) mass is 410 g/mol. The lowest BCUT2D eigenvalue weighted by molar-refractivity contribution is -0.115. The molecule has 0 aliphatic rings. The van der Waals surface area contributed by atoms with Crippen molar-refractivity contribution in [2.75, 3.05) is 16.4 Å². The Morgan fingerprint density at radius 2 is 1.57 bits per heavy atom. The van der Waals surface area contributed by atoms with Gasteiger partial charge in [0.15, 0.2) is 0 Å². The van der Waals surface area contributed by atoms with Crippen LogP contribution in [-0.4, -0.2) is 17.6 Å². The van der Waals surface area contributed by atoms with Crippen LogP contribution in [0, 0.1) is 0 Å². The zero-order valence-electron chi connectivity index (χ0n) is 15.0. The quantitative estimate of drug-likeness (QED) is 0.523. The molecule has 142 valence electrons. The molecule has 3 rings (SSSR count). The Labute approximate surface area is 173 Å². The van der Waals surface area contributed by atoms with Gasteiger partial charge in [-0.2, -0.15) is 0 Å². The van der Waals surface area contributed by atoms with E-state index in [4.69, 9.17) is 11.6 Å². The van der Waals surface area contributed by atoms with Crippen molar-refractivity contribution in [1.29, 1.82) is 0 Å². The standard InChI is InChI=1S/C22H19ClN2O2S/c23-19-11-4-5-12-20(19)25-22(27)15-28-18-10-6-9-17(14-18)24-21(26)13-16-7-2-1-3-8-16/h1-12,14H,13,15H2,(H,24,26)(H,25,27). The number of amides is 2. The van der Waals surface area contributed by atoms with Gasteiger partial charge in [-0.1, -0.05) is 60.1 Å². The molecule has 0 aliphatic carbocycles. The number of rotatable bonds is 7. The molecular weight excluding hydrogens is 392 g/mol. The molecule has 0 unspecified atom stereocenters. The molecule has 0 bridgehead atoms. The summed E-state index contributed by atoms with van der Waals surface area (Å²) in [6.45, 7) is 0. The van der Waals surface area contributed by atoms with Crippen LogP contribution < -0.4 is 10.6 Å². The highest BCUT2D eigenvalue weighted by molar-refractivity contribution is 8.00. The fraction of sp³-hybridized carbons (Fsp3) is 0.0909. The second-order valence-electron chi connectivity index (χ2n) is 6.06. The third kappa shape index (κ3) is 6.15. The molecule has 0 fully saturated rings. The van der Waals surface area contributed by atoms with Gasteiger partial charge >= 0.3 is 0 Å². The van der Waals surface area contributed by atoms with Crippen LogP contribution in [0.4, 0.5) is 11.4 Å². The maximum atomic E-state index is 12.2. The van der Waals surface area contributed by atoms with Gasteiger partial charge in [-0.15, -0.1) is 11.8 Å². The Balaban J connectivity index is 1.52. The largest absolute Gasteiger partial charge is 0.326 e. The molecular formula is C22H19ClN2O2S. The third-order valence-electron chi connectivity index (χ3n) is 3.84. The normalized spacial score (nSPS) is 10.3. The minimum absolute atomic E-state index is 0.0789. The minimum atomic E-state index is -0.142. The van der Waals surface area contributed by atoms with Crippen LogP contribution >= 0.6 is 23.4 Å². The summed E-state index contributed by atoms with van der Waals surface area (Å²) in [6, 6.07) is 24.1. The highest BCUT2D eigenvalue weighted by Crippen LogP contribution is 2.24. The van der Waals surface area contributed by atoms with Gasteiger partial charge in [-0.3, -0.25) is 9.59 Å². The van der Waals surface area contributed by atoms with Gasteiger partial charge in [0.25, 0.3) is 0 Å². The topological polar surface area (TPSA) is 58.2 Å². The summed E-state index contributed by atoms with van der Waals surface area (Å²) in [5.74, 6) is 0.0218. The predicted molar refractivity (Wildman–Crippen MR) is 116 cm³/mol. The number of carbonyl (C=O) groups is 2. The zero-order valence-corrected chi connectivity index (χ0v) is 16.6. The second-order valence-corrected chi connectivity index (χ2v) is 7.51. The number of halogens is 1. The molecule has 2 amide bonds. The molecule has 0 saturated heterocycles. The lowest BCUT2D eigenvalue weighted by Crippen LogP contribution is -2.15. The van der Waals surface area contributed by atoms with Gasteiger partial charge in [-0.05, 0) is 35.9 Å². The Hall–Kier alpha value is -2.76. The van der Waals surface area contributed by atoms with E-state index in [1.54, 1.807) is 12.1 Å². The average molecular weight is 411 g/mol. The van der Waals surface area contributed by atoms with Gasteiger partial charge in [0, 0.05) is 10.6 Å². The molecule has 0 radical (unpaired) electrons. The molecule has 0 saturated carbocycles. The second kappa shape index (κ2) is 9.97. The van der Waals surface area contributed by atoms with Crippen LogP contribution in [-0.2, 0) is 16.0 Å². The van der Waals surface area contributed by atoms with Crippen molar-refractivity contribution in [1.82, 2.24) is 0 Å². The molecule has 3 aromatic carbocycles. The summed E-state index contributed by atoms with van der Waals surface area (Å²) >= 11 is 7.44. The van der Waals surface area contributed by atoms with Crippen molar-refractivity contribution < 1.29 is 9.59 Å². The van der Waals surface area contributed by atoms with Crippen molar-refractivity contribution in [2.24, 2.45) is 0 Å². The van der Waals surface area contributed by atoms with Crippen molar-refractivity contribution in [3.8, 4) is 0 Å². The van der Waals surface area contributed by atoms with E-state index in [1.807, 2.05) is 66.7 Å². The molecule has 4 nitrogen and oxygen atoms in total. The molecule has 0 heterocycles. The van der Waals surface area contributed by atoms with Crippen molar-refractivity contribution in [3.63, 3.8) is 0 Å². The van der Waals surface area contributed by atoms with Gasteiger partial charge in [0.05, 0.1) is 22.9 Å². The first-order chi connectivity index (χ1) is 13.6. The average Bonchev–Trinajstić information content (AvgIpc) is 2.69. The van der Waals surface area contributed by atoms with E-state index in [0.717, 1.165) is 10.5 Å². The van der Waals surface area contributed by atoms with E-state index in [2.05, 4.69) is 10.6 Å². The fourth-order valence-electron chi connectivity index (χ4n) is 2.55. The molecule has 0 spiro atoms. The van der Waals surface area contributed by atoms with Crippen LogP contribution in [0.5, 0.6) is 0 Å². The Kier molecular flexibility index (Phi) is 7.12. The molecule has 0 aliphatic heterocycles. The van der Waals surface area contributed by atoms with Crippen molar-refractivity contribution in [2.45, 2.75) is 11.3 Å². The predicted octanol–water partition coefficient (Wildman–Crippen LogP) is 5.25. The van der Waals surface area contributed by atoms with Crippen LogP contribution in [0.1, 0.15) is 5.56 Å². The minimum Gasteiger partial charge on any atom is -0.326 e. The number of para-hydroxylation sites is 1. The Bertz CT molecular complexity index is 964. The van der Waals surface area contributed by atoms with E-state index < -0.39 is 0 Å². The van der Waals surface area contributed by atoms with E-state index in [1.165, 1.54) is 11.8 Å². The van der Waals surface area contributed by atoms with E-state index >= 15 is 0 Å². The van der Waals surface area contributed by atoms with Crippen LogP contribution in [0.3, 0.4) is 0 Å². The summed E-state index contributed by atoms with van der Waals surface area (Å²) in [5.41, 5.74) is 2.26. The Morgan fingerprint density at radius 1 is 0.821 bits per heavy atom. The molecule has 0 aromatic heterocycles. The molecule has 0 atom stereocenters. The van der Waals surface area contributed by atoms with Crippen molar-refractivity contribution >= 4 is 46.6 Å². The highest BCUT2D eigenvalue weighted by atomic mass is 35.5. The number of nitrogens with one attached hydrogen (secondary N) is 2. The summed E-state index contributed by atoms with van der Waals surface area (Å²) < 4.78 is 0. The highest BCUT2D eigenvalue weighted by Gasteiger charge is 2.08. The molecule has 6 heteroatoms. The number of thioether (sulfide) groups is 1. The van der Waals surface area contributed by atoms with Gasteiger partial charge in [0.2, 0.25) is 11.8 Å². The summed E-state index contributed by atoms with van der Waals surface area (Å²) in [7, 11) is 0. The number of carbonyl (C=O) groups excluding carboxylic acids is 2. The summed E-state index contributed by atoms with van der Waals surface area (Å²) in [4.78, 5) is 25.2. The van der Waals surface area contributed by atoms with Gasteiger partial charge in [-0.25, -0.2) is 0 Å². The Morgan fingerprint density at radius 3 is 2.36 bits per heavy atom. The maximum absolute atomic E-state index is 12.2. The van der Waals surface area contributed by atoms with Gasteiger partial charge < -0.3 is 10.6 Å². The zero-order chi connectivity index (χ0) is 19.8. The first-order valence-corrected chi connectivity index (χ1v) is 10.1. The SMILES string of the molecule is O=C(Cc1ccccc1)Nc1cccc(SCC(=O)Nc2ccccc2Cl)c1. The van der Waals surface area contributed by atoms with E-state index in [0.29, 0.717) is 22.8 Å². The summed E-state index contributed by atoms with van der Waals surface area (Å²) in [5, 5.41) is 6.19. The third-order valence-corrected chi connectivity index (χ3v) is 5.17. The van der Waals surface area contributed by atoms with Crippen molar-refractivity contribution in [3.05, 3.63) is 89.4 Å². The first-order valence-electron chi connectivity index (χ1n) is 8.71. The number of hydrogen-bond acceptors (Lipinski definition) is 3. The first kappa shape index (κ1) is 20.0. The van der Waals surface area contributed by atoms with Crippen LogP contribution in [0.15, 0.2) is 83.8 Å². The van der Waals surface area contributed by atoms with Crippen LogP contribution in [0.2, 0.25) is 5.02 Å². The lowest BCUT2D eigenvalue weighted by atomic mass is 10.1. The number of anilines is 2.